The molecule has 2 bridgehead atoms. The maximum atomic E-state index is 11.2. The van der Waals surface area contributed by atoms with Crippen LogP contribution in [0.5, 0.6) is 0 Å². The number of allylic oxidation sites excluding steroid dienone is 1. The van der Waals surface area contributed by atoms with Crippen LogP contribution in [-0.4, -0.2) is 50.6 Å². The van der Waals surface area contributed by atoms with Gasteiger partial charge in [0, 0.05) is 12.3 Å². The van der Waals surface area contributed by atoms with E-state index in [2.05, 4.69) is 26.8 Å². The lowest BCUT2D eigenvalue weighted by atomic mass is 9.46. The third kappa shape index (κ3) is 2.53. The summed E-state index contributed by atoms with van der Waals surface area (Å²) in [6.45, 7) is 10.5. The highest BCUT2D eigenvalue weighted by molar-refractivity contribution is 5.27. The molecule has 5 fully saturated rings. The number of hydrogen-bond donors (Lipinski definition) is 3. The van der Waals surface area contributed by atoms with Crippen molar-refractivity contribution in [2.45, 2.75) is 121 Å². The van der Waals surface area contributed by atoms with Crippen LogP contribution in [0.4, 0.5) is 0 Å². The molecule has 5 nitrogen and oxygen atoms in total. The molecule has 11 unspecified atom stereocenters. The zero-order chi connectivity index (χ0) is 22.9. The zero-order valence-corrected chi connectivity index (χ0v) is 20.4. The van der Waals surface area contributed by atoms with E-state index >= 15 is 0 Å². The summed E-state index contributed by atoms with van der Waals surface area (Å²) in [5, 5.41) is 32.5. The van der Waals surface area contributed by atoms with E-state index in [4.69, 9.17) is 9.47 Å². The number of aliphatic hydroxyl groups excluding tert-OH is 2. The summed E-state index contributed by atoms with van der Waals surface area (Å²) in [5.41, 5.74) is -0.0853. The van der Waals surface area contributed by atoms with E-state index in [-0.39, 0.29) is 29.0 Å². The summed E-state index contributed by atoms with van der Waals surface area (Å²) in [5.74, 6) is 0.817. The van der Waals surface area contributed by atoms with E-state index in [0.29, 0.717) is 24.2 Å². The molecule has 0 aromatic rings. The van der Waals surface area contributed by atoms with Crippen molar-refractivity contribution in [2.75, 3.05) is 0 Å². The smallest absolute Gasteiger partial charge is 0.200 e. The van der Waals surface area contributed by atoms with Crippen LogP contribution >= 0.6 is 0 Å². The van der Waals surface area contributed by atoms with Crippen molar-refractivity contribution in [2.24, 2.45) is 34.5 Å². The van der Waals surface area contributed by atoms with Crippen molar-refractivity contribution in [3.63, 3.8) is 0 Å². The highest BCUT2D eigenvalue weighted by Gasteiger charge is 2.75. The van der Waals surface area contributed by atoms with E-state index in [1.807, 2.05) is 0 Å². The van der Waals surface area contributed by atoms with Crippen LogP contribution in [0.2, 0.25) is 0 Å². The average Bonchev–Trinajstić information content (AvgIpc) is 3.11. The Bertz CT molecular complexity index is 847. The number of aliphatic hydroxyl groups is 3. The predicted molar refractivity (Wildman–Crippen MR) is 121 cm³/mol. The normalized spacial score (nSPS) is 59.0. The summed E-state index contributed by atoms with van der Waals surface area (Å²) >= 11 is 0. The van der Waals surface area contributed by atoms with E-state index < -0.39 is 23.1 Å². The Kier molecular flexibility index (Phi) is 4.40. The molecule has 3 N–H and O–H groups in total. The van der Waals surface area contributed by atoms with Gasteiger partial charge in [-0.05, 0) is 94.3 Å². The van der Waals surface area contributed by atoms with Crippen LogP contribution in [0.3, 0.4) is 0 Å². The second kappa shape index (κ2) is 6.40. The molecule has 2 saturated heterocycles. The minimum atomic E-state index is -1.17. The van der Waals surface area contributed by atoms with Crippen molar-refractivity contribution < 1.29 is 24.8 Å². The summed E-state index contributed by atoms with van der Waals surface area (Å²) in [6.07, 6.45) is 9.29. The summed E-state index contributed by atoms with van der Waals surface area (Å²) < 4.78 is 13.3. The monoisotopic (exact) mass is 446 g/mol. The Labute approximate surface area is 192 Å². The molecule has 2 aliphatic heterocycles. The molecule has 0 aromatic heterocycles. The molecule has 4 aliphatic carbocycles. The van der Waals surface area contributed by atoms with Gasteiger partial charge in [-0.3, -0.25) is 0 Å². The van der Waals surface area contributed by atoms with Crippen molar-refractivity contribution in [3.8, 4) is 0 Å². The van der Waals surface area contributed by atoms with E-state index in [1.165, 1.54) is 12.0 Å². The number of fused-ring (bicyclic) bond motifs is 10. The summed E-state index contributed by atoms with van der Waals surface area (Å²) in [4.78, 5) is 0. The minimum absolute atomic E-state index is 0.0115. The van der Waals surface area contributed by atoms with E-state index in [1.54, 1.807) is 13.8 Å². The maximum Gasteiger partial charge on any atom is 0.200 e. The SMILES string of the molecule is CC12CCC(O)CC1=CCC1C2CCC2(C)C1CC1OC3(C(C)(C)O)CC(O)C(C)(O3)C12. The minimum Gasteiger partial charge on any atom is -0.393 e. The second-order valence-electron chi connectivity index (χ2n) is 13.4. The van der Waals surface area contributed by atoms with Gasteiger partial charge in [-0.1, -0.05) is 25.5 Å². The maximum absolute atomic E-state index is 11.2. The number of hydrogen-bond acceptors (Lipinski definition) is 5. The van der Waals surface area contributed by atoms with Crippen molar-refractivity contribution in [1.82, 2.24) is 0 Å². The van der Waals surface area contributed by atoms with Gasteiger partial charge in [0.25, 0.3) is 0 Å². The summed E-state index contributed by atoms with van der Waals surface area (Å²) in [7, 11) is 0. The van der Waals surface area contributed by atoms with Crippen LogP contribution in [0.15, 0.2) is 11.6 Å². The fraction of sp³-hybridized carbons (Fsp3) is 0.926. The number of rotatable bonds is 1. The first kappa shape index (κ1) is 22.0. The van der Waals surface area contributed by atoms with Crippen molar-refractivity contribution in [3.05, 3.63) is 11.6 Å². The number of ether oxygens (including phenoxy) is 2. The van der Waals surface area contributed by atoms with E-state index in [9.17, 15) is 15.3 Å². The van der Waals surface area contributed by atoms with Crippen molar-refractivity contribution >= 4 is 0 Å². The van der Waals surface area contributed by atoms with Gasteiger partial charge in [0.15, 0.2) is 5.79 Å². The fourth-order valence-corrected chi connectivity index (χ4v) is 9.80. The van der Waals surface area contributed by atoms with Gasteiger partial charge in [0.05, 0.1) is 18.3 Å². The average molecular weight is 447 g/mol. The molecule has 6 rings (SSSR count). The van der Waals surface area contributed by atoms with Gasteiger partial charge in [0.2, 0.25) is 0 Å². The lowest BCUT2D eigenvalue weighted by Gasteiger charge is -2.59. The van der Waals surface area contributed by atoms with Gasteiger partial charge >= 0.3 is 0 Å². The molecule has 0 spiro atoms. The molecular formula is C27H42O5. The van der Waals surface area contributed by atoms with Gasteiger partial charge < -0.3 is 24.8 Å². The molecule has 180 valence electrons. The molecule has 11 atom stereocenters. The van der Waals surface area contributed by atoms with Gasteiger partial charge in [-0.2, -0.15) is 0 Å². The molecular weight excluding hydrogens is 404 g/mol. The molecule has 0 amide bonds. The zero-order valence-electron chi connectivity index (χ0n) is 20.4. The first-order chi connectivity index (χ1) is 14.8. The Morgan fingerprint density at radius 1 is 1.06 bits per heavy atom. The molecule has 3 saturated carbocycles. The van der Waals surface area contributed by atoms with Gasteiger partial charge in [-0.15, -0.1) is 0 Å². The Morgan fingerprint density at radius 3 is 2.53 bits per heavy atom. The first-order valence-electron chi connectivity index (χ1n) is 13.0. The highest BCUT2D eigenvalue weighted by Crippen LogP contribution is 2.71. The lowest BCUT2D eigenvalue weighted by molar-refractivity contribution is -0.384. The topological polar surface area (TPSA) is 79.2 Å². The van der Waals surface area contributed by atoms with Crippen LogP contribution < -0.4 is 0 Å². The van der Waals surface area contributed by atoms with Crippen LogP contribution in [0.1, 0.15) is 86.0 Å². The summed E-state index contributed by atoms with van der Waals surface area (Å²) in [6, 6.07) is 0. The fourth-order valence-electron chi connectivity index (χ4n) is 9.80. The molecule has 32 heavy (non-hydrogen) atoms. The van der Waals surface area contributed by atoms with Crippen LogP contribution in [0, 0.1) is 34.5 Å². The lowest BCUT2D eigenvalue weighted by Crippen LogP contribution is -2.63. The molecule has 0 radical (unpaired) electrons. The van der Waals surface area contributed by atoms with Crippen LogP contribution in [-0.2, 0) is 9.47 Å². The van der Waals surface area contributed by atoms with Gasteiger partial charge in [-0.25, -0.2) is 0 Å². The molecule has 2 heterocycles. The molecule has 6 aliphatic rings. The second-order valence-corrected chi connectivity index (χ2v) is 13.4. The standard InChI is InChI=1S/C27H42O5/c1-23(2,30)27-14-21(29)26(5,32-27)22-20(31-27)13-19-17-7-6-15-12-16(28)8-10-24(15,3)18(17)9-11-25(19,22)4/h6,16-22,28-30H,7-14H2,1-5H3. The van der Waals surface area contributed by atoms with Crippen molar-refractivity contribution in [1.29, 1.82) is 0 Å². The third-order valence-corrected chi connectivity index (χ3v) is 11.5. The van der Waals surface area contributed by atoms with Crippen LogP contribution in [0.25, 0.3) is 0 Å². The van der Waals surface area contributed by atoms with E-state index in [0.717, 1.165) is 38.5 Å². The Morgan fingerprint density at radius 2 is 1.81 bits per heavy atom. The first-order valence-corrected chi connectivity index (χ1v) is 13.0. The Balaban J connectivity index is 1.37. The molecule has 5 heteroatoms. The quantitative estimate of drug-likeness (QED) is 0.532. The highest BCUT2D eigenvalue weighted by atomic mass is 16.7. The molecule has 0 aromatic carbocycles. The third-order valence-electron chi connectivity index (χ3n) is 11.5. The predicted octanol–water partition coefficient (Wildman–Crippen LogP) is 3.94. The largest absolute Gasteiger partial charge is 0.393 e. The van der Waals surface area contributed by atoms with Gasteiger partial charge in [0.1, 0.15) is 11.2 Å². The Hall–Kier alpha value is -0.460.